The Hall–Kier alpha value is -6.30. The second-order valence-electron chi connectivity index (χ2n) is 8.81. The molecule has 0 bridgehead atoms. The van der Waals surface area contributed by atoms with E-state index in [0.29, 0.717) is 0 Å². The van der Waals surface area contributed by atoms with Gasteiger partial charge in [-0.05, 0) is 77.9 Å². The van der Waals surface area contributed by atoms with Crippen molar-refractivity contribution >= 4 is 47.1 Å². The number of benzene rings is 4. The van der Waals surface area contributed by atoms with E-state index in [4.69, 9.17) is 10.2 Å². The van der Waals surface area contributed by atoms with Gasteiger partial charge in [0.25, 0.3) is 11.8 Å². The van der Waals surface area contributed by atoms with Gasteiger partial charge >= 0.3 is 23.9 Å². The van der Waals surface area contributed by atoms with Gasteiger partial charge in [-0.2, -0.15) is 0 Å². The summed E-state index contributed by atoms with van der Waals surface area (Å²) in [5.74, 6) is -6.81. The molecule has 0 aliphatic heterocycles. The number of carbonyl (C=O) groups excluding carboxylic acids is 2. The average Bonchev–Trinajstić information content (AvgIpc) is 2.96. The van der Waals surface area contributed by atoms with E-state index in [9.17, 15) is 39.0 Å². The Morgan fingerprint density at radius 1 is 0.429 bits per heavy atom. The smallest absolute Gasteiger partial charge is 0.336 e. The highest BCUT2D eigenvalue weighted by Gasteiger charge is 2.21. The number of rotatable bonds is 9. The van der Waals surface area contributed by atoms with Gasteiger partial charge < -0.3 is 31.1 Å². The highest BCUT2D eigenvalue weighted by Crippen LogP contribution is 2.27. The van der Waals surface area contributed by atoms with Crippen molar-refractivity contribution in [2.75, 3.05) is 10.6 Å². The Morgan fingerprint density at radius 2 is 0.905 bits per heavy atom. The van der Waals surface area contributed by atoms with Crippen LogP contribution < -0.4 is 10.6 Å². The summed E-state index contributed by atoms with van der Waals surface area (Å²) in [6.45, 7) is 0. The third kappa shape index (κ3) is 6.29. The highest BCUT2D eigenvalue weighted by atomic mass is 16.4. The Bertz CT molecular complexity index is 1780. The van der Waals surface area contributed by atoms with Crippen molar-refractivity contribution in [3.63, 3.8) is 0 Å². The topological polar surface area (TPSA) is 207 Å². The maximum absolute atomic E-state index is 12.9. The molecule has 12 nitrogen and oxygen atoms in total. The fourth-order valence-corrected chi connectivity index (χ4v) is 4.02. The minimum atomic E-state index is -1.44. The van der Waals surface area contributed by atoms with Crippen LogP contribution in [0.3, 0.4) is 0 Å². The van der Waals surface area contributed by atoms with Crippen LogP contribution in [0.1, 0.15) is 62.1 Å². The van der Waals surface area contributed by atoms with Crippen molar-refractivity contribution in [1.29, 1.82) is 0 Å². The summed E-state index contributed by atoms with van der Waals surface area (Å²) >= 11 is 0. The van der Waals surface area contributed by atoms with Crippen LogP contribution in [0.5, 0.6) is 0 Å². The van der Waals surface area contributed by atoms with Crippen LogP contribution in [-0.4, -0.2) is 56.1 Å². The monoisotopic (exact) mass is 568 g/mol. The number of carbonyl (C=O) groups is 6. The Morgan fingerprint density at radius 3 is 1.36 bits per heavy atom. The van der Waals surface area contributed by atoms with Gasteiger partial charge in [-0.25, -0.2) is 19.2 Å². The number of carboxylic acid groups (broad SMARTS) is 4. The Balaban J connectivity index is 1.63. The lowest BCUT2D eigenvalue weighted by Gasteiger charge is -2.12. The Kier molecular flexibility index (Phi) is 8.09. The molecule has 42 heavy (non-hydrogen) atoms. The van der Waals surface area contributed by atoms with Gasteiger partial charge in [0, 0.05) is 11.4 Å². The molecule has 0 fully saturated rings. The van der Waals surface area contributed by atoms with E-state index < -0.39 is 41.3 Å². The van der Waals surface area contributed by atoms with Crippen molar-refractivity contribution in [2.24, 2.45) is 0 Å². The van der Waals surface area contributed by atoms with Gasteiger partial charge in [0.15, 0.2) is 0 Å². The fraction of sp³-hybridized carbons (Fsp3) is 0. The van der Waals surface area contributed by atoms with E-state index in [1.807, 2.05) is 0 Å². The van der Waals surface area contributed by atoms with Crippen molar-refractivity contribution in [3.05, 3.63) is 118 Å². The van der Waals surface area contributed by atoms with E-state index in [2.05, 4.69) is 10.6 Å². The number of hydrogen-bond acceptors (Lipinski definition) is 6. The van der Waals surface area contributed by atoms with E-state index in [1.54, 1.807) is 0 Å². The van der Waals surface area contributed by atoms with E-state index >= 15 is 0 Å². The first-order valence-corrected chi connectivity index (χ1v) is 12.0. The first-order valence-electron chi connectivity index (χ1n) is 12.0. The quantitative estimate of drug-likeness (QED) is 0.165. The molecule has 0 aliphatic carbocycles. The predicted octanol–water partition coefficient (Wildman–Crippen LogP) is 4.65. The molecule has 4 aromatic rings. The molecule has 0 heterocycles. The minimum Gasteiger partial charge on any atom is -0.478 e. The SMILES string of the molecule is O=C(O)c1ccc(NC(=O)c2ccc(-c3ccc(C(=O)Nc4cccc(C(=O)O)c4)c(C(=O)O)c3)cc2C(=O)O)cc1. The van der Waals surface area contributed by atoms with Crippen LogP contribution in [0.2, 0.25) is 0 Å². The van der Waals surface area contributed by atoms with E-state index in [0.717, 1.165) is 0 Å². The molecular formula is C30H20N2O10. The van der Waals surface area contributed by atoms with Gasteiger partial charge in [-0.1, -0.05) is 18.2 Å². The number of anilines is 2. The van der Waals surface area contributed by atoms with E-state index in [1.165, 1.54) is 84.9 Å². The number of hydrogen-bond donors (Lipinski definition) is 6. The summed E-state index contributed by atoms with van der Waals surface area (Å²) in [4.78, 5) is 71.9. The molecule has 0 saturated heterocycles. The first kappa shape index (κ1) is 28.7. The summed E-state index contributed by atoms with van der Waals surface area (Å²) in [5, 5.41) is 42.7. The zero-order valence-corrected chi connectivity index (χ0v) is 21.3. The maximum Gasteiger partial charge on any atom is 0.336 e. The zero-order chi connectivity index (χ0) is 30.6. The molecule has 4 aromatic carbocycles. The van der Waals surface area contributed by atoms with Crippen LogP contribution in [-0.2, 0) is 0 Å². The van der Waals surface area contributed by atoms with Crippen molar-refractivity contribution in [3.8, 4) is 11.1 Å². The second-order valence-corrected chi connectivity index (χ2v) is 8.81. The average molecular weight is 568 g/mol. The lowest BCUT2D eigenvalue weighted by Crippen LogP contribution is -2.17. The molecular weight excluding hydrogens is 548 g/mol. The molecule has 0 saturated carbocycles. The van der Waals surface area contributed by atoms with Crippen molar-refractivity contribution < 1.29 is 49.2 Å². The molecule has 0 spiro atoms. The molecule has 12 heteroatoms. The largest absolute Gasteiger partial charge is 0.478 e. The van der Waals surface area contributed by atoms with Crippen LogP contribution in [0.15, 0.2) is 84.9 Å². The molecule has 2 amide bonds. The third-order valence-electron chi connectivity index (χ3n) is 6.08. The summed E-state index contributed by atoms with van der Waals surface area (Å²) in [6.07, 6.45) is 0. The third-order valence-corrected chi connectivity index (χ3v) is 6.08. The standard InChI is InChI=1S/C30H20N2O10/c33-25(31-19-8-4-15(5-9-19)27(35)36)21-10-6-16(13-23(21)29(39)40)17-7-11-22(24(14-17)30(41)42)26(34)32-20-3-1-2-18(12-20)28(37)38/h1-14H,(H,31,33)(H,32,34)(H,35,36)(H,37,38)(H,39,40)(H,41,42). The molecule has 4 rings (SSSR count). The van der Waals surface area contributed by atoms with Gasteiger partial charge in [0.2, 0.25) is 0 Å². The summed E-state index contributed by atoms with van der Waals surface area (Å²) in [5.41, 5.74) is -0.426. The van der Waals surface area contributed by atoms with Crippen molar-refractivity contribution in [1.82, 2.24) is 0 Å². The van der Waals surface area contributed by atoms with Crippen LogP contribution >= 0.6 is 0 Å². The molecule has 0 aromatic heterocycles. The molecule has 0 radical (unpaired) electrons. The first-order chi connectivity index (χ1) is 19.9. The van der Waals surface area contributed by atoms with Crippen LogP contribution in [0.4, 0.5) is 11.4 Å². The Labute approximate surface area is 236 Å². The van der Waals surface area contributed by atoms with Gasteiger partial charge in [-0.3, -0.25) is 9.59 Å². The minimum absolute atomic E-state index is 0.000182. The van der Waals surface area contributed by atoms with Gasteiger partial charge in [0.1, 0.15) is 0 Å². The second kappa shape index (κ2) is 11.8. The number of amides is 2. The van der Waals surface area contributed by atoms with Crippen LogP contribution in [0.25, 0.3) is 11.1 Å². The normalized spacial score (nSPS) is 10.4. The van der Waals surface area contributed by atoms with E-state index in [-0.39, 0.29) is 50.3 Å². The number of carboxylic acids is 4. The molecule has 0 atom stereocenters. The molecule has 6 N–H and O–H groups in total. The molecule has 0 aliphatic rings. The van der Waals surface area contributed by atoms with Gasteiger partial charge in [0.05, 0.1) is 33.4 Å². The predicted molar refractivity (Wildman–Crippen MR) is 149 cm³/mol. The van der Waals surface area contributed by atoms with Crippen LogP contribution in [0, 0.1) is 0 Å². The number of nitrogens with one attached hydrogen (secondary N) is 2. The highest BCUT2D eigenvalue weighted by molar-refractivity contribution is 6.13. The lowest BCUT2D eigenvalue weighted by atomic mass is 9.95. The van der Waals surface area contributed by atoms with Gasteiger partial charge in [-0.15, -0.1) is 0 Å². The maximum atomic E-state index is 12.9. The lowest BCUT2D eigenvalue weighted by molar-refractivity contribution is 0.0683. The summed E-state index contributed by atoms with van der Waals surface area (Å²) < 4.78 is 0. The number of aromatic carboxylic acids is 4. The molecule has 0 unspecified atom stereocenters. The van der Waals surface area contributed by atoms with Crippen molar-refractivity contribution in [2.45, 2.75) is 0 Å². The summed E-state index contributed by atoms with van der Waals surface area (Å²) in [6, 6.07) is 18.3. The zero-order valence-electron chi connectivity index (χ0n) is 21.3. The summed E-state index contributed by atoms with van der Waals surface area (Å²) in [7, 11) is 0. The molecule has 210 valence electrons. The fourth-order valence-electron chi connectivity index (χ4n) is 4.02.